The summed E-state index contributed by atoms with van der Waals surface area (Å²) in [5.41, 5.74) is 1.46. The first-order valence-corrected chi connectivity index (χ1v) is 8.31. The van der Waals surface area contributed by atoms with Crippen molar-refractivity contribution in [2.24, 2.45) is 0 Å². The highest BCUT2D eigenvalue weighted by Crippen LogP contribution is 2.24. The Morgan fingerprint density at radius 3 is 2.67 bits per heavy atom. The van der Waals surface area contributed by atoms with Gasteiger partial charge in [-0.2, -0.15) is 0 Å². The number of thiocarbonyl (C=S) groups is 1. The van der Waals surface area contributed by atoms with Crippen LogP contribution in [-0.4, -0.2) is 15.9 Å². The second kappa shape index (κ2) is 6.65. The van der Waals surface area contributed by atoms with Gasteiger partial charge in [0, 0.05) is 15.7 Å². The van der Waals surface area contributed by atoms with Crippen molar-refractivity contribution in [3.63, 3.8) is 0 Å². The lowest BCUT2D eigenvalue weighted by atomic mass is 10.1. The van der Waals surface area contributed by atoms with Gasteiger partial charge < -0.3 is 5.32 Å². The van der Waals surface area contributed by atoms with Crippen molar-refractivity contribution in [1.82, 2.24) is 5.32 Å². The molecule has 2 aromatic rings. The molecule has 0 saturated carbocycles. The number of anilines is 1. The topological polar surface area (TPSA) is 75.5 Å². The van der Waals surface area contributed by atoms with Gasteiger partial charge >= 0.3 is 0 Å². The van der Waals surface area contributed by atoms with E-state index >= 15 is 0 Å². The Balaban J connectivity index is 1.94. The lowest BCUT2D eigenvalue weighted by molar-refractivity contribution is -0.384. The van der Waals surface area contributed by atoms with E-state index in [1.165, 1.54) is 17.0 Å². The van der Waals surface area contributed by atoms with Crippen molar-refractivity contribution in [2.45, 2.75) is 0 Å². The molecule has 3 rings (SSSR count). The van der Waals surface area contributed by atoms with Gasteiger partial charge in [0.1, 0.15) is 5.70 Å². The van der Waals surface area contributed by atoms with Crippen LogP contribution in [-0.2, 0) is 4.79 Å². The molecular formula is C16H10IN3O3S. The van der Waals surface area contributed by atoms with Crippen molar-refractivity contribution in [1.29, 1.82) is 0 Å². The van der Waals surface area contributed by atoms with Gasteiger partial charge in [0.25, 0.3) is 11.6 Å². The van der Waals surface area contributed by atoms with Crippen molar-refractivity contribution in [3.05, 3.63) is 73.5 Å². The van der Waals surface area contributed by atoms with E-state index < -0.39 is 4.92 Å². The summed E-state index contributed by atoms with van der Waals surface area (Å²) >= 11 is 7.41. The van der Waals surface area contributed by atoms with Crippen LogP contribution in [0.5, 0.6) is 0 Å². The number of hydrogen-bond acceptors (Lipinski definition) is 4. The summed E-state index contributed by atoms with van der Waals surface area (Å²) < 4.78 is 0.983. The zero-order valence-electron chi connectivity index (χ0n) is 12.1. The normalized spacial score (nSPS) is 15.7. The maximum atomic E-state index is 12.6. The molecule has 0 radical (unpaired) electrons. The van der Waals surface area contributed by atoms with Crippen molar-refractivity contribution >= 4 is 63.3 Å². The van der Waals surface area contributed by atoms with Gasteiger partial charge in [-0.1, -0.05) is 18.2 Å². The Kier molecular flexibility index (Phi) is 4.58. The predicted molar refractivity (Wildman–Crippen MR) is 103 cm³/mol. The second-order valence-electron chi connectivity index (χ2n) is 4.96. The quantitative estimate of drug-likeness (QED) is 0.255. The number of amides is 1. The summed E-state index contributed by atoms with van der Waals surface area (Å²) in [6.07, 6.45) is 1.55. The molecule has 1 N–H and O–H groups in total. The smallest absolute Gasteiger partial charge is 0.281 e. The number of hydrogen-bond donors (Lipinski definition) is 1. The van der Waals surface area contributed by atoms with E-state index in [0.717, 1.165) is 3.57 Å². The Bertz CT molecular complexity index is 898. The van der Waals surface area contributed by atoms with E-state index in [1.54, 1.807) is 24.3 Å². The third kappa shape index (κ3) is 3.29. The molecule has 1 amide bonds. The van der Waals surface area contributed by atoms with Crippen LogP contribution in [0.4, 0.5) is 11.4 Å². The number of non-ortho nitro benzene ring substituents is 1. The van der Waals surface area contributed by atoms with Crippen molar-refractivity contribution in [2.75, 3.05) is 4.90 Å². The van der Waals surface area contributed by atoms with Crippen LogP contribution in [0.25, 0.3) is 6.08 Å². The zero-order chi connectivity index (χ0) is 17.3. The van der Waals surface area contributed by atoms with Gasteiger partial charge in [-0.05, 0) is 64.6 Å². The van der Waals surface area contributed by atoms with Crippen LogP contribution in [0.3, 0.4) is 0 Å². The van der Waals surface area contributed by atoms with Gasteiger partial charge in [0.05, 0.1) is 10.6 Å². The summed E-state index contributed by atoms with van der Waals surface area (Å²) in [5, 5.41) is 14.0. The molecule has 0 atom stereocenters. The molecule has 24 heavy (non-hydrogen) atoms. The van der Waals surface area contributed by atoms with Crippen LogP contribution >= 0.6 is 34.8 Å². The first-order chi connectivity index (χ1) is 11.5. The monoisotopic (exact) mass is 451 g/mol. The van der Waals surface area contributed by atoms with E-state index in [-0.39, 0.29) is 22.4 Å². The number of carbonyl (C=O) groups excluding carboxylic acids is 1. The van der Waals surface area contributed by atoms with E-state index in [2.05, 4.69) is 27.9 Å². The minimum Gasteiger partial charge on any atom is -0.327 e. The first kappa shape index (κ1) is 16.5. The van der Waals surface area contributed by atoms with Gasteiger partial charge in [0.15, 0.2) is 5.11 Å². The molecule has 120 valence electrons. The fourth-order valence-corrected chi connectivity index (χ4v) is 3.10. The average Bonchev–Trinajstić information content (AvgIpc) is 2.81. The summed E-state index contributed by atoms with van der Waals surface area (Å²) in [5.74, 6) is -0.298. The molecule has 0 spiro atoms. The van der Waals surface area contributed by atoms with Crippen LogP contribution in [0.15, 0.2) is 54.2 Å². The summed E-state index contributed by atoms with van der Waals surface area (Å²) in [6, 6.07) is 13.5. The average molecular weight is 451 g/mol. The van der Waals surface area contributed by atoms with E-state index in [0.29, 0.717) is 11.3 Å². The number of carbonyl (C=O) groups is 1. The van der Waals surface area contributed by atoms with Gasteiger partial charge in [-0.25, -0.2) is 0 Å². The molecule has 2 aromatic carbocycles. The summed E-state index contributed by atoms with van der Waals surface area (Å²) in [6.45, 7) is 0. The number of nitro benzene ring substituents is 1. The molecular weight excluding hydrogens is 441 g/mol. The predicted octanol–water partition coefficient (Wildman–Crippen LogP) is 3.46. The highest BCUT2D eigenvalue weighted by molar-refractivity contribution is 14.1. The Hall–Kier alpha value is -2.33. The number of halogens is 1. The Labute approximate surface area is 156 Å². The van der Waals surface area contributed by atoms with Gasteiger partial charge in [0.2, 0.25) is 0 Å². The maximum Gasteiger partial charge on any atom is 0.281 e. The minimum absolute atomic E-state index is 0.0353. The molecule has 0 aromatic heterocycles. The first-order valence-electron chi connectivity index (χ1n) is 6.83. The molecule has 1 fully saturated rings. The number of nitrogens with zero attached hydrogens (tertiary/aromatic N) is 2. The summed E-state index contributed by atoms with van der Waals surface area (Å²) in [7, 11) is 0. The molecule has 1 aliphatic heterocycles. The third-order valence-corrected chi connectivity index (χ3v) is 4.29. The molecule has 0 aliphatic carbocycles. The molecule has 1 heterocycles. The fourth-order valence-electron chi connectivity index (χ4n) is 2.28. The SMILES string of the molecule is O=C1/C(=C/c2cccc([N+](=O)[O-])c2)NC(=S)N1c1cccc(I)c1. The fraction of sp³-hybridized carbons (Fsp3) is 0. The number of nitro groups is 1. The highest BCUT2D eigenvalue weighted by Gasteiger charge is 2.32. The van der Waals surface area contributed by atoms with E-state index in [1.807, 2.05) is 18.2 Å². The molecule has 8 heteroatoms. The van der Waals surface area contributed by atoms with E-state index in [4.69, 9.17) is 12.2 Å². The minimum atomic E-state index is -0.477. The van der Waals surface area contributed by atoms with Crippen molar-refractivity contribution < 1.29 is 9.72 Å². The Morgan fingerprint density at radius 2 is 1.96 bits per heavy atom. The molecule has 0 bridgehead atoms. The van der Waals surface area contributed by atoms with Gasteiger partial charge in [-0.3, -0.25) is 19.8 Å². The van der Waals surface area contributed by atoms with Gasteiger partial charge in [-0.15, -0.1) is 0 Å². The van der Waals surface area contributed by atoms with Crippen LogP contribution in [0.2, 0.25) is 0 Å². The maximum absolute atomic E-state index is 12.6. The van der Waals surface area contributed by atoms with Crippen LogP contribution in [0.1, 0.15) is 5.56 Å². The number of benzene rings is 2. The highest BCUT2D eigenvalue weighted by atomic mass is 127. The number of nitrogens with one attached hydrogen (secondary N) is 1. The standard InChI is InChI=1S/C16H10IN3O3S/c17-11-4-2-5-12(9-11)19-15(21)14(18-16(19)24)8-10-3-1-6-13(7-10)20(22)23/h1-9H,(H,18,24)/b14-8-. The van der Waals surface area contributed by atoms with Crippen LogP contribution < -0.4 is 10.2 Å². The Morgan fingerprint density at radius 1 is 1.21 bits per heavy atom. The second-order valence-corrected chi connectivity index (χ2v) is 6.59. The summed E-state index contributed by atoms with van der Waals surface area (Å²) in [4.78, 5) is 24.4. The van der Waals surface area contributed by atoms with E-state index in [9.17, 15) is 14.9 Å². The largest absolute Gasteiger partial charge is 0.327 e. The molecule has 1 aliphatic rings. The zero-order valence-corrected chi connectivity index (χ0v) is 15.1. The lowest BCUT2D eigenvalue weighted by Gasteiger charge is -2.14. The molecule has 6 nitrogen and oxygen atoms in total. The lowest BCUT2D eigenvalue weighted by Crippen LogP contribution is -2.30. The number of rotatable bonds is 3. The molecule has 0 unspecified atom stereocenters. The van der Waals surface area contributed by atoms with Crippen LogP contribution in [0, 0.1) is 13.7 Å². The third-order valence-electron chi connectivity index (χ3n) is 3.34. The molecule has 1 saturated heterocycles. The van der Waals surface area contributed by atoms with Crippen molar-refractivity contribution in [3.8, 4) is 0 Å².